The minimum atomic E-state index is 0.531. The molecule has 0 radical (unpaired) electrons. The first-order chi connectivity index (χ1) is 11.2. The quantitative estimate of drug-likeness (QED) is 0.506. The van der Waals surface area contributed by atoms with Gasteiger partial charge in [-0.15, -0.1) is 0 Å². The molecule has 1 fully saturated rings. The van der Waals surface area contributed by atoms with Crippen LogP contribution in [0.25, 0.3) is 0 Å². The van der Waals surface area contributed by atoms with E-state index in [4.69, 9.17) is 4.74 Å². The summed E-state index contributed by atoms with van der Waals surface area (Å²) in [6.07, 6.45) is 4.93. The Morgan fingerprint density at radius 2 is 1.91 bits per heavy atom. The second kappa shape index (κ2) is 12.3. The van der Waals surface area contributed by atoms with E-state index < -0.39 is 0 Å². The Bertz CT molecular complexity index is 401. The maximum atomic E-state index is 9.76. The number of carbonyl (C=O) groups excluding carboxylic acids is 1. The summed E-state index contributed by atoms with van der Waals surface area (Å²) in [5, 5.41) is 0. The predicted molar refractivity (Wildman–Crippen MR) is 96.9 cm³/mol. The molecule has 1 heterocycles. The molecule has 1 aliphatic rings. The molecule has 2 rings (SSSR count). The van der Waals surface area contributed by atoms with E-state index in [1.807, 2.05) is 0 Å². The van der Waals surface area contributed by atoms with Crippen LogP contribution >= 0.6 is 0 Å². The Labute approximate surface area is 142 Å². The van der Waals surface area contributed by atoms with Crippen LogP contribution in [0.2, 0.25) is 0 Å². The van der Waals surface area contributed by atoms with E-state index in [-0.39, 0.29) is 0 Å². The SMILES string of the molecule is CCC(c1ccccc1)C1CN(C)C1.CCCCOCCC=O. The number of hydrogen-bond donors (Lipinski definition) is 0. The van der Waals surface area contributed by atoms with Gasteiger partial charge >= 0.3 is 0 Å². The van der Waals surface area contributed by atoms with E-state index in [0.29, 0.717) is 13.0 Å². The maximum absolute atomic E-state index is 9.76. The highest BCUT2D eigenvalue weighted by Crippen LogP contribution is 2.33. The summed E-state index contributed by atoms with van der Waals surface area (Å²) in [5.41, 5.74) is 1.52. The average Bonchev–Trinajstić information content (AvgIpc) is 2.55. The molecule has 3 heteroatoms. The molecule has 1 unspecified atom stereocenters. The van der Waals surface area contributed by atoms with E-state index in [9.17, 15) is 4.79 Å². The maximum Gasteiger partial charge on any atom is 0.122 e. The number of nitrogens with zero attached hydrogens (tertiary/aromatic N) is 1. The molecule has 1 atom stereocenters. The zero-order valence-corrected chi connectivity index (χ0v) is 15.0. The summed E-state index contributed by atoms with van der Waals surface area (Å²) in [5.74, 6) is 1.65. The van der Waals surface area contributed by atoms with Crippen molar-refractivity contribution in [3.05, 3.63) is 35.9 Å². The van der Waals surface area contributed by atoms with Crippen LogP contribution in [-0.2, 0) is 9.53 Å². The summed E-state index contributed by atoms with van der Waals surface area (Å²) in [6.45, 7) is 8.34. The first-order valence-corrected chi connectivity index (χ1v) is 8.97. The number of hydrogen-bond acceptors (Lipinski definition) is 3. The summed E-state index contributed by atoms with van der Waals surface area (Å²) in [6, 6.07) is 10.9. The molecular weight excluding hydrogens is 286 g/mol. The van der Waals surface area contributed by atoms with Crippen LogP contribution in [0.15, 0.2) is 30.3 Å². The Morgan fingerprint density at radius 1 is 1.22 bits per heavy atom. The lowest BCUT2D eigenvalue weighted by molar-refractivity contribution is -0.108. The third kappa shape index (κ3) is 7.76. The number of unbranched alkanes of at least 4 members (excludes halogenated alkanes) is 1. The predicted octanol–water partition coefficient (Wildman–Crippen LogP) is 4.13. The molecule has 0 bridgehead atoms. The zero-order valence-electron chi connectivity index (χ0n) is 15.0. The van der Waals surface area contributed by atoms with Crippen molar-refractivity contribution in [3.63, 3.8) is 0 Å². The highest BCUT2D eigenvalue weighted by molar-refractivity contribution is 5.49. The van der Waals surface area contributed by atoms with E-state index in [0.717, 1.165) is 37.6 Å². The molecule has 1 aromatic rings. The van der Waals surface area contributed by atoms with Gasteiger partial charge in [0.1, 0.15) is 6.29 Å². The highest BCUT2D eigenvalue weighted by Gasteiger charge is 2.30. The number of ether oxygens (including phenoxy) is 1. The summed E-state index contributed by atoms with van der Waals surface area (Å²) in [4.78, 5) is 12.2. The minimum absolute atomic E-state index is 0.531. The molecule has 1 aliphatic heterocycles. The van der Waals surface area contributed by atoms with Crippen molar-refractivity contribution < 1.29 is 9.53 Å². The monoisotopic (exact) mass is 319 g/mol. The summed E-state index contributed by atoms with van der Waals surface area (Å²) >= 11 is 0. The normalized spacial score (nSPS) is 16.1. The van der Waals surface area contributed by atoms with Crippen molar-refractivity contribution >= 4 is 6.29 Å². The van der Waals surface area contributed by atoms with E-state index >= 15 is 0 Å². The van der Waals surface area contributed by atoms with Crippen molar-refractivity contribution in [1.29, 1.82) is 0 Å². The van der Waals surface area contributed by atoms with Crippen LogP contribution in [0.1, 0.15) is 51.0 Å². The van der Waals surface area contributed by atoms with E-state index in [1.165, 1.54) is 25.1 Å². The largest absolute Gasteiger partial charge is 0.381 e. The molecule has 130 valence electrons. The Hall–Kier alpha value is -1.19. The van der Waals surface area contributed by atoms with Gasteiger partial charge in [-0.25, -0.2) is 0 Å². The molecule has 1 aromatic carbocycles. The smallest absolute Gasteiger partial charge is 0.122 e. The Morgan fingerprint density at radius 3 is 2.43 bits per heavy atom. The van der Waals surface area contributed by atoms with Gasteiger partial charge in [0.05, 0.1) is 6.61 Å². The van der Waals surface area contributed by atoms with Gasteiger partial charge in [0.2, 0.25) is 0 Å². The second-order valence-corrected chi connectivity index (χ2v) is 6.33. The second-order valence-electron chi connectivity index (χ2n) is 6.33. The van der Waals surface area contributed by atoms with Gasteiger partial charge in [-0.1, -0.05) is 50.6 Å². The molecule has 0 spiro atoms. The Balaban J connectivity index is 0.000000257. The standard InChI is InChI=1S/C13H19N.C7H14O2/c1-3-13(12-9-14(2)10-12)11-7-5-4-6-8-11;1-2-3-6-9-7-4-5-8/h4-8,12-13H,3,9-10H2,1-2H3;5H,2-4,6-7H2,1H3. The van der Waals surface area contributed by atoms with Crippen molar-refractivity contribution in [2.75, 3.05) is 33.4 Å². The fourth-order valence-electron chi connectivity index (χ4n) is 3.02. The number of aldehydes is 1. The van der Waals surface area contributed by atoms with Gasteiger partial charge in [0.25, 0.3) is 0 Å². The van der Waals surface area contributed by atoms with Crippen LogP contribution in [0.4, 0.5) is 0 Å². The third-order valence-corrected chi connectivity index (χ3v) is 4.35. The van der Waals surface area contributed by atoms with Gasteiger partial charge in [0.15, 0.2) is 0 Å². The molecule has 23 heavy (non-hydrogen) atoms. The number of rotatable bonds is 9. The molecular formula is C20H33NO2. The van der Waals surface area contributed by atoms with Crippen molar-refractivity contribution in [1.82, 2.24) is 4.90 Å². The number of carbonyl (C=O) groups is 1. The minimum Gasteiger partial charge on any atom is -0.381 e. The van der Waals surface area contributed by atoms with Crippen molar-refractivity contribution in [2.24, 2.45) is 5.92 Å². The summed E-state index contributed by atoms with van der Waals surface area (Å²) < 4.78 is 5.08. The number of likely N-dealkylation sites (tertiary alicyclic amines) is 1. The van der Waals surface area contributed by atoms with Crippen LogP contribution in [0, 0.1) is 5.92 Å². The highest BCUT2D eigenvalue weighted by atomic mass is 16.5. The molecule has 3 nitrogen and oxygen atoms in total. The van der Waals surface area contributed by atoms with E-state index in [1.54, 1.807) is 0 Å². The lowest BCUT2D eigenvalue weighted by Gasteiger charge is -2.41. The summed E-state index contributed by atoms with van der Waals surface area (Å²) in [7, 11) is 2.20. The fraction of sp³-hybridized carbons (Fsp3) is 0.650. The molecule has 0 N–H and O–H groups in total. The topological polar surface area (TPSA) is 29.5 Å². The molecule has 0 aliphatic carbocycles. The lowest BCUT2D eigenvalue weighted by Crippen LogP contribution is -2.46. The lowest BCUT2D eigenvalue weighted by atomic mass is 9.80. The molecule has 0 aromatic heterocycles. The van der Waals surface area contributed by atoms with Crippen LogP contribution in [-0.4, -0.2) is 44.5 Å². The van der Waals surface area contributed by atoms with Gasteiger partial charge in [0, 0.05) is 26.1 Å². The van der Waals surface area contributed by atoms with Crippen LogP contribution in [0.5, 0.6) is 0 Å². The first kappa shape index (κ1) is 19.9. The van der Waals surface area contributed by atoms with Crippen LogP contribution in [0.3, 0.4) is 0 Å². The van der Waals surface area contributed by atoms with Crippen molar-refractivity contribution in [2.45, 2.75) is 45.4 Å². The third-order valence-electron chi connectivity index (χ3n) is 4.35. The van der Waals surface area contributed by atoms with Gasteiger partial charge in [-0.2, -0.15) is 0 Å². The first-order valence-electron chi connectivity index (χ1n) is 8.97. The average molecular weight is 319 g/mol. The fourth-order valence-corrected chi connectivity index (χ4v) is 3.02. The zero-order chi connectivity index (χ0) is 16.9. The molecule has 0 amide bonds. The van der Waals surface area contributed by atoms with E-state index in [2.05, 4.69) is 56.1 Å². The van der Waals surface area contributed by atoms with Gasteiger partial charge < -0.3 is 14.4 Å². The van der Waals surface area contributed by atoms with Gasteiger partial charge in [-0.3, -0.25) is 0 Å². The Kier molecular flexibility index (Phi) is 10.6. The van der Waals surface area contributed by atoms with Crippen LogP contribution < -0.4 is 0 Å². The van der Waals surface area contributed by atoms with Gasteiger partial charge in [-0.05, 0) is 37.3 Å². The molecule has 1 saturated heterocycles. The van der Waals surface area contributed by atoms with Crippen molar-refractivity contribution in [3.8, 4) is 0 Å². The molecule has 0 saturated carbocycles. The number of benzene rings is 1.